The van der Waals surface area contributed by atoms with Crippen LogP contribution in [0.3, 0.4) is 0 Å². The zero-order valence-corrected chi connectivity index (χ0v) is 15.7. The number of para-hydroxylation sites is 2. The number of carbonyl (C=O) groups excluding carboxylic acids is 3. The van der Waals surface area contributed by atoms with Crippen LogP contribution >= 0.6 is 0 Å². The summed E-state index contributed by atoms with van der Waals surface area (Å²) in [6.07, 6.45) is 1.68. The van der Waals surface area contributed by atoms with Crippen molar-refractivity contribution < 1.29 is 14.4 Å². The number of primary amides is 1. The van der Waals surface area contributed by atoms with E-state index in [-0.39, 0.29) is 5.92 Å². The number of benzene rings is 2. The van der Waals surface area contributed by atoms with Gasteiger partial charge in [0.2, 0.25) is 5.91 Å². The van der Waals surface area contributed by atoms with E-state index in [2.05, 4.69) is 0 Å². The van der Waals surface area contributed by atoms with Crippen molar-refractivity contribution in [1.82, 2.24) is 0 Å². The van der Waals surface area contributed by atoms with Crippen molar-refractivity contribution in [2.45, 2.75) is 26.2 Å². The molecule has 1 aliphatic heterocycles. The van der Waals surface area contributed by atoms with Gasteiger partial charge in [-0.05, 0) is 49.4 Å². The quantitative estimate of drug-likeness (QED) is 0.832. The zero-order valence-electron chi connectivity index (χ0n) is 15.7. The minimum Gasteiger partial charge on any atom is -0.369 e. The molecule has 6 heteroatoms. The molecule has 6 nitrogen and oxygen atoms in total. The van der Waals surface area contributed by atoms with E-state index < -0.39 is 29.1 Å². The summed E-state index contributed by atoms with van der Waals surface area (Å²) in [4.78, 5) is 39.6. The average Bonchev–Trinajstić information content (AvgIpc) is 3.21. The number of amides is 3. The molecule has 2 aromatic rings. The highest BCUT2D eigenvalue weighted by Gasteiger charge is 2.61. The molecule has 2 aliphatic rings. The van der Waals surface area contributed by atoms with Crippen molar-refractivity contribution in [3.05, 3.63) is 60.7 Å². The molecule has 2 atom stereocenters. The molecule has 1 heterocycles. The number of rotatable bonds is 4. The molecule has 4 rings (SSSR count). The molecule has 1 saturated heterocycles. The highest BCUT2D eigenvalue weighted by molar-refractivity contribution is 6.25. The van der Waals surface area contributed by atoms with E-state index in [9.17, 15) is 14.4 Å². The second kappa shape index (κ2) is 6.78. The lowest BCUT2D eigenvalue weighted by atomic mass is 9.72. The molecule has 0 unspecified atom stereocenters. The van der Waals surface area contributed by atoms with Crippen LogP contribution in [0.1, 0.15) is 26.2 Å². The summed E-state index contributed by atoms with van der Waals surface area (Å²) in [5.74, 6) is -2.22. The third-order valence-corrected chi connectivity index (χ3v) is 5.95. The summed E-state index contributed by atoms with van der Waals surface area (Å²) in [6.45, 7) is 2.03. The minimum absolute atomic E-state index is 0.240. The van der Waals surface area contributed by atoms with Gasteiger partial charge in [0.1, 0.15) is 5.92 Å². The van der Waals surface area contributed by atoms with Crippen LogP contribution in [0.15, 0.2) is 60.7 Å². The lowest BCUT2D eigenvalue weighted by Crippen LogP contribution is -2.47. The predicted octanol–water partition coefficient (Wildman–Crippen LogP) is 2.89. The SMILES string of the molecule is C[C@@H]1CC[C@@](C(N)=O)(C2C(=O)N(c3ccccc3)N(c3ccccc3)C2=O)C1. The van der Waals surface area contributed by atoms with Crippen LogP contribution in [0.25, 0.3) is 0 Å². The Kier molecular flexibility index (Phi) is 4.41. The molecular weight excluding hydrogens is 354 g/mol. The molecule has 2 fully saturated rings. The van der Waals surface area contributed by atoms with E-state index in [1.807, 2.05) is 43.3 Å². The summed E-state index contributed by atoms with van der Waals surface area (Å²) in [6, 6.07) is 18.0. The lowest BCUT2D eigenvalue weighted by Gasteiger charge is -2.28. The van der Waals surface area contributed by atoms with Gasteiger partial charge in [0.05, 0.1) is 16.8 Å². The van der Waals surface area contributed by atoms with Crippen LogP contribution in [0.5, 0.6) is 0 Å². The number of hydrogen-bond donors (Lipinski definition) is 1. The second-order valence-electron chi connectivity index (χ2n) is 7.77. The molecule has 0 bridgehead atoms. The number of nitrogens with two attached hydrogens (primary N) is 1. The largest absolute Gasteiger partial charge is 0.369 e. The average molecular weight is 377 g/mol. The van der Waals surface area contributed by atoms with Crippen molar-refractivity contribution >= 4 is 29.1 Å². The fourth-order valence-electron chi connectivity index (χ4n) is 4.60. The van der Waals surface area contributed by atoms with E-state index >= 15 is 0 Å². The van der Waals surface area contributed by atoms with Crippen LogP contribution in [0, 0.1) is 17.3 Å². The van der Waals surface area contributed by atoms with Gasteiger partial charge >= 0.3 is 0 Å². The predicted molar refractivity (Wildman–Crippen MR) is 106 cm³/mol. The van der Waals surface area contributed by atoms with E-state index in [0.29, 0.717) is 24.2 Å². The summed E-state index contributed by atoms with van der Waals surface area (Å²) >= 11 is 0. The summed E-state index contributed by atoms with van der Waals surface area (Å²) < 4.78 is 0. The maximum absolute atomic E-state index is 13.6. The van der Waals surface area contributed by atoms with Crippen LogP contribution in [-0.4, -0.2) is 17.7 Å². The van der Waals surface area contributed by atoms with Gasteiger partial charge in [-0.1, -0.05) is 43.3 Å². The van der Waals surface area contributed by atoms with Gasteiger partial charge in [0.15, 0.2) is 0 Å². The third-order valence-electron chi connectivity index (χ3n) is 5.95. The van der Waals surface area contributed by atoms with Crippen molar-refractivity contribution in [2.24, 2.45) is 23.0 Å². The van der Waals surface area contributed by atoms with Gasteiger partial charge in [-0.3, -0.25) is 14.4 Å². The summed E-state index contributed by atoms with van der Waals surface area (Å²) in [5, 5.41) is 2.77. The highest BCUT2D eigenvalue weighted by atomic mass is 16.2. The summed E-state index contributed by atoms with van der Waals surface area (Å²) in [5.41, 5.74) is 5.82. The zero-order chi connectivity index (χ0) is 19.9. The first-order chi connectivity index (χ1) is 13.5. The Hall–Kier alpha value is -3.15. The number of anilines is 2. The standard InChI is InChI=1S/C22H23N3O3/c1-15-12-13-22(14-15,21(23)28)18-19(26)24(16-8-4-2-5-9-16)25(20(18)27)17-10-6-3-7-11-17/h2-11,15,18H,12-14H2,1H3,(H2,23,28)/t15-,22+/m1/s1. The van der Waals surface area contributed by atoms with Gasteiger partial charge < -0.3 is 5.73 Å². The molecule has 1 saturated carbocycles. The molecule has 0 radical (unpaired) electrons. The van der Waals surface area contributed by atoms with Gasteiger partial charge in [0.25, 0.3) is 11.8 Å². The Morgan fingerprint density at radius 2 is 1.39 bits per heavy atom. The Morgan fingerprint density at radius 3 is 1.75 bits per heavy atom. The van der Waals surface area contributed by atoms with Crippen molar-refractivity contribution in [1.29, 1.82) is 0 Å². The molecule has 3 amide bonds. The molecule has 0 spiro atoms. The highest BCUT2D eigenvalue weighted by Crippen LogP contribution is 2.51. The molecular formula is C22H23N3O3. The minimum atomic E-state index is -1.13. The van der Waals surface area contributed by atoms with Gasteiger partial charge in [-0.2, -0.15) is 0 Å². The molecule has 2 aromatic carbocycles. The van der Waals surface area contributed by atoms with Crippen LogP contribution < -0.4 is 15.8 Å². The Morgan fingerprint density at radius 1 is 0.929 bits per heavy atom. The molecule has 144 valence electrons. The van der Waals surface area contributed by atoms with Gasteiger partial charge in [-0.25, -0.2) is 10.0 Å². The van der Waals surface area contributed by atoms with Crippen LogP contribution in [0.2, 0.25) is 0 Å². The Balaban J connectivity index is 1.85. The summed E-state index contributed by atoms with van der Waals surface area (Å²) in [7, 11) is 0. The van der Waals surface area contributed by atoms with E-state index in [4.69, 9.17) is 5.73 Å². The first kappa shape index (κ1) is 18.2. The fourth-order valence-corrected chi connectivity index (χ4v) is 4.60. The maximum Gasteiger partial charge on any atom is 0.259 e. The second-order valence-corrected chi connectivity index (χ2v) is 7.77. The van der Waals surface area contributed by atoms with Gasteiger partial charge in [0, 0.05) is 0 Å². The van der Waals surface area contributed by atoms with E-state index in [0.717, 1.165) is 6.42 Å². The smallest absolute Gasteiger partial charge is 0.259 e. The third kappa shape index (κ3) is 2.68. The number of hydrogen-bond acceptors (Lipinski definition) is 3. The van der Waals surface area contributed by atoms with E-state index in [1.165, 1.54) is 10.0 Å². The first-order valence-electron chi connectivity index (χ1n) is 9.53. The maximum atomic E-state index is 13.6. The van der Waals surface area contributed by atoms with E-state index in [1.54, 1.807) is 24.3 Å². The van der Waals surface area contributed by atoms with Gasteiger partial charge in [-0.15, -0.1) is 0 Å². The Bertz CT molecular complexity index is 858. The molecule has 1 aliphatic carbocycles. The lowest BCUT2D eigenvalue weighted by molar-refractivity contribution is -0.143. The van der Waals surface area contributed by atoms with Crippen molar-refractivity contribution in [3.63, 3.8) is 0 Å². The van der Waals surface area contributed by atoms with Crippen molar-refractivity contribution in [2.75, 3.05) is 10.0 Å². The number of carbonyl (C=O) groups is 3. The molecule has 28 heavy (non-hydrogen) atoms. The number of hydrazine groups is 1. The Labute approximate surface area is 163 Å². The van der Waals surface area contributed by atoms with Crippen molar-refractivity contribution in [3.8, 4) is 0 Å². The first-order valence-corrected chi connectivity index (χ1v) is 9.53. The topological polar surface area (TPSA) is 83.7 Å². The fraction of sp³-hybridized carbons (Fsp3) is 0.318. The molecule has 0 aromatic heterocycles. The van der Waals surface area contributed by atoms with Crippen LogP contribution in [-0.2, 0) is 14.4 Å². The van der Waals surface area contributed by atoms with Crippen LogP contribution in [0.4, 0.5) is 11.4 Å². The number of nitrogens with zero attached hydrogens (tertiary/aromatic N) is 2. The molecule has 2 N–H and O–H groups in total. The monoisotopic (exact) mass is 377 g/mol. The normalized spacial score (nSPS) is 25.5.